The quantitative estimate of drug-likeness (QED) is 0.831. The molecule has 2 aromatic rings. The van der Waals surface area contributed by atoms with Crippen LogP contribution in [0.1, 0.15) is 52.0 Å². The van der Waals surface area contributed by atoms with Crippen LogP contribution < -0.4 is 4.74 Å². The first-order valence-electron chi connectivity index (χ1n) is 8.79. The van der Waals surface area contributed by atoms with Gasteiger partial charge in [0.2, 0.25) is 0 Å². The summed E-state index contributed by atoms with van der Waals surface area (Å²) >= 11 is 1.37. The average Bonchev–Trinajstić information content (AvgIpc) is 3.39. The number of ether oxygens (including phenoxy) is 1. The standard InChI is InChI=1S/C20H20N2O2S/c21-11-15-10-19(25-13-15)20(23)22(17-3-1-2-4-17)12-14-5-6-18-16(9-14)7-8-24-18/h5-6,9-10,13,17H,1-4,7-8,12H2. The van der Waals surface area contributed by atoms with E-state index in [9.17, 15) is 4.79 Å². The number of carbonyl (C=O) groups is 1. The third kappa shape index (κ3) is 3.27. The van der Waals surface area contributed by atoms with Gasteiger partial charge in [0.25, 0.3) is 5.91 Å². The summed E-state index contributed by atoms with van der Waals surface area (Å²) in [6.45, 7) is 1.37. The summed E-state index contributed by atoms with van der Waals surface area (Å²) in [6, 6.07) is 10.4. The number of benzene rings is 1. The average molecular weight is 352 g/mol. The second kappa shape index (κ2) is 6.89. The number of nitrogens with zero attached hydrogens (tertiary/aromatic N) is 2. The van der Waals surface area contributed by atoms with Crippen LogP contribution in [0, 0.1) is 11.3 Å². The highest BCUT2D eigenvalue weighted by Gasteiger charge is 2.28. The van der Waals surface area contributed by atoms with Crippen LogP contribution in [0.2, 0.25) is 0 Å². The molecule has 128 valence electrons. The number of thiophene rings is 1. The summed E-state index contributed by atoms with van der Waals surface area (Å²) in [4.78, 5) is 15.8. The highest BCUT2D eigenvalue weighted by molar-refractivity contribution is 7.12. The summed E-state index contributed by atoms with van der Waals surface area (Å²) < 4.78 is 5.58. The van der Waals surface area contributed by atoms with Crippen LogP contribution in [0.4, 0.5) is 0 Å². The van der Waals surface area contributed by atoms with Gasteiger partial charge in [0, 0.05) is 24.4 Å². The Balaban J connectivity index is 1.59. The van der Waals surface area contributed by atoms with E-state index in [2.05, 4.69) is 18.2 Å². The lowest BCUT2D eigenvalue weighted by Gasteiger charge is -2.29. The molecule has 0 unspecified atom stereocenters. The molecule has 1 aliphatic heterocycles. The van der Waals surface area contributed by atoms with Crippen molar-refractivity contribution >= 4 is 17.2 Å². The summed E-state index contributed by atoms with van der Waals surface area (Å²) in [5.74, 6) is 1.02. The van der Waals surface area contributed by atoms with E-state index in [0.717, 1.165) is 37.2 Å². The Labute approximate surface area is 151 Å². The van der Waals surface area contributed by atoms with Gasteiger partial charge >= 0.3 is 0 Å². The number of hydrogen-bond acceptors (Lipinski definition) is 4. The lowest BCUT2D eigenvalue weighted by atomic mass is 10.1. The van der Waals surface area contributed by atoms with E-state index in [1.165, 1.54) is 29.7 Å². The largest absolute Gasteiger partial charge is 0.493 e. The zero-order chi connectivity index (χ0) is 17.2. The molecule has 1 aliphatic carbocycles. The summed E-state index contributed by atoms with van der Waals surface area (Å²) in [5, 5.41) is 10.8. The van der Waals surface area contributed by atoms with Gasteiger partial charge in [-0.15, -0.1) is 11.3 Å². The molecule has 1 saturated carbocycles. The molecule has 2 aliphatic rings. The molecule has 0 spiro atoms. The molecule has 1 amide bonds. The van der Waals surface area contributed by atoms with E-state index < -0.39 is 0 Å². The molecule has 1 aromatic carbocycles. The zero-order valence-corrected chi connectivity index (χ0v) is 14.8. The molecule has 1 fully saturated rings. The fourth-order valence-corrected chi connectivity index (χ4v) is 4.55. The number of carbonyl (C=O) groups excluding carboxylic acids is 1. The second-order valence-corrected chi connectivity index (χ2v) is 7.63. The first-order valence-corrected chi connectivity index (χ1v) is 9.67. The topological polar surface area (TPSA) is 53.3 Å². The third-order valence-corrected chi connectivity index (χ3v) is 5.99. The van der Waals surface area contributed by atoms with Crippen LogP contribution in [0.25, 0.3) is 0 Å². The van der Waals surface area contributed by atoms with Crippen molar-refractivity contribution in [3.63, 3.8) is 0 Å². The Morgan fingerprint density at radius 1 is 1.32 bits per heavy atom. The van der Waals surface area contributed by atoms with Crippen molar-refractivity contribution in [3.8, 4) is 11.8 Å². The SMILES string of the molecule is N#Cc1csc(C(=O)N(Cc2ccc3c(c2)CCO3)C2CCCC2)c1. The predicted molar refractivity (Wildman–Crippen MR) is 96.8 cm³/mol. The van der Waals surface area contributed by atoms with Crippen molar-refractivity contribution in [1.82, 2.24) is 4.90 Å². The van der Waals surface area contributed by atoms with Gasteiger partial charge < -0.3 is 9.64 Å². The fourth-order valence-electron chi connectivity index (χ4n) is 3.77. The maximum atomic E-state index is 13.1. The first kappa shape index (κ1) is 16.2. The minimum absolute atomic E-state index is 0.0511. The molecule has 5 heteroatoms. The van der Waals surface area contributed by atoms with E-state index in [0.29, 0.717) is 23.0 Å². The van der Waals surface area contributed by atoms with E-state index in [4.69, 9.17) is 10.00 Å². The van der Waals surface area contributed by atoms with E-state index >= 15 is 0 Å². The van der Waals surface area contributed by atoms with E-state index in [-0.39, 0.29) is 5.91 Å². The highest BCUT2D eigenvalue weighted by Crippen LogP contribution is 2.30. The van der Waals surface area contributed by atoms with Gasteiger partial charge in [-0.2, -0.15) is 5.26 Å². The molecule has 4 rings (SSSR count). The van der Waals surface area contributed by atoms with E-state index in [1.807, 2.05) is 11.0 Å². The summed E-state index contributed by atoms with van der Waals surface area (Å²) in [7, 11) is 0. The third-order valence-electron chi connectivity index (χ3n) is 5.07. The molecule has 1 aromatic heterocycles. The summed E-state index contributed by atoms with van der Waals surface area (Å²) in [6.07, 6.45) is 5.43. The molecule has 0 N–H and O–H groups in total. The van der Waals surface area contributed by atoms with Gasteiger partial charge in [-0.1, -0.05) is 25.0 Å². The molecule has 0 atom stereocenters. The van der Waals surface area contributed by atoms with Crippen LogP contribution in [-0.2, 0) is 13.0 Å². The molecule has 0 bridgehead atoms. The number of hydrogen-bond donors (Lipinski definition) is 0. The molecular weight excluding hydrogens is 332 g/mol. The predicted octanol–water partition coefficient (Wildman–Crippen LogP) is 4.14. The Morgan fingerprint density at radius 3 is 2.92 bits per heavy atom. The van der Waals surface area contributed by atoms with Gasteiger partial charge in [-0.05, 0) is 36.1 Å². The maximum Gasteiger partial charge on any atom is 0.264 e. The fraction of sp³-hybridized carbons (Fsp3) is 0.400. The van der Waals surface area contributed by atoms with Gasteiger partial charge in [0.05, 0.1) is 17.0 Å². The van der Waals surface area contributed by atoms with Crippen LogP contribution in [-0.4, -0.2) is 23.5 Å². The molecule has 4 nitrogen and oxygen atoms in total. The molecule has 0 saturated heterocycles. The number of nitriles is 1. The van der Waals surface area contributed by atoms with E-state index in [1.54, 1.807) is 11.4 Å². The van der Waals surface area contributed by atoms with Crippen molar-refractivity contribution in [1.29, 1.82) is 5.26 Å². The lowest BCUT2D eigenvalue weighted by molar-refractivity contribution is 0.0669. The molecule has 25 heavy (non-hydrogen) atoms. The van der Waals surface area contributed by atoms with Crippen molar-refractivity contribution in [2.75, 3.05) is 6.61 Å². The van der Waals surface area contributed by atoms with Gasteiger partial charge in [0.15, 0.2) is 0 Å². The van der Waals surface area contributed by atoms with Gasteiger partial charge in [-0.3, -0.25) is 4.79 Å². The number of rotatable bonds is 4. The van der Waals surface area contributed by atoms with Crippen LogP contribution >= 0.6 is 11.3 Å². The van der Waals surface area contributed by atoms with Crippen molar-refractivity contribution in [3.05, 3.63) is 51.2 Å². The van der Waals surface area contributed by atoms with Crippen molar-refractivity contribution in [2.45, 2.75) is 44.7 Å². The van der Waals surface area contributed by atoms with Gasteiger partial charge in [-0.25, -0.2) is 0 Å². The normalized spacial score (nSPS) is 16.3. The highest BCUT2D eigenvalue weighted by atomic mass is 32.1. The Bertz CT molecular complexity index is 830. The molecule has 2 heterocycles. The monoisotopic (exact) mass is 352 g/mol. The maximum absolute atomic E-state index is 13.1. The Hall–Kier alpha value is -2.32. The number of fused-ring (bicyclic) bond motifs is 1. The van der Waals surface area contributed by atoms with Crippen LogP contribution in [0.5, 0.6) is 5.75 Å². The second-order valence-electron chi connectivity index (χ2n) is 6.72. The zero-order valence-electron chi connectivity index (χ0n) is 14.0. The minimum atomic E-state index is 0.0511. The first-order chi connectivity index (χ1) is 12.2. The van der Waals surface area contributed by atoms with Crippen LogP contribution in [0.3, 0.4) is 0 Å². The van der Waals surface area contributed by atoms with Crippen molar-refractivity contribution in [2.24, 2.45) is 0 Å². The van der Waals surface area contributed by atoms with Crippen molar-refractivity contribution < 1.29 is 9.53 Å². The lowest BCUT2D eigenvalue weighted by Crippen LogP contribution is -2.38. The van der Waals surface area contributed by atoms with Gasteiger partial charge in [0.1, 0.15) is 11.8 Å². The smallest absolute Gasteiger partial charge is 0.264 e. The molecular formula is C20H20N2O2S. The Kier molecular flexibility index (Phi) is 4.46. The van der Waals surface area contributed by atoms with Crippen LogP contribution in [0.15, 0.2) is 29.6 Å². The number of amides is 1. The molecule has 0 radical (unpaired) electrons. The Morgan fingerprint density at radius 2 is 2.16 bits per heavy atom. The summed E-state index contributed by atoms with van der Waals surface area (Å²) in [5.41, 5.74) is 2.95. The minimum Gasteiger partial charge on any atom is -0.493 e.